The Hall–Kier alpha value is -2.26. The molecule has 0 aliphatic carbocycles. The van der Waals surface area contributed by atoms with Crippen LogP contribution in [0.3, 0.4) is 0 Å². The molecule has 0 bridgehead atoms. The SMILES string of the molecule is CC1(C)C(=O)N(CCNC(=O)C(F)F)c2cc(C(=O)N[C@@H]3CCCNC3)c(Cl)cc21. The second-order valence-electron chi connectivity index (χ2n) is 8.04. The molecule has 0 saturated carbocycles. The van der Waals surface area contributed by atoms with Crippen molar-refractivity contribution in [3.8, 4) is 0 Å². The second kappa shape index (κ2) is 8.85. The van der Waals surface area contributed by atoms with Gasteiger partial charge in [-0.3, -0.25) is 14.4 Å². The number of piperidine rings is 1. The molecule has 3 rings (SSSR count). The molecule has 164 valence electrons. The molecule has 3 N–H and O–H groups in total. The number of carbonyl (C=O) groups is 3. The molecular formula is C20H25ClF2N4O3. The maximum Gasteiger partial charge on any atom is 0.315 e. The number of fused-ring (bicyclic) bond motifs is 1. The molecule has 2 heterocycles. The minimum atomic E-state index is -3.12. The van der Waals surface area contributed by atoms with Crippen molar-refractivity contribution in [1.29, 1.82) is 0 Å². The Balaban J connectivity index is 1.82. The van der Waals surface area contributed by atoms with Gasteiger partial charge in [-0.05, 0) is 50.9 Å². The first-order valence-electron chi connectivity index (χ1n) is 9.86. The van der Waals surface area contributed by atoms with E-state index in [4.69, 9.17) is 11.6 Å². The zero-order chi connectivity index (χ0) is 22.1. The summed E-state index contributed by atoms with van der Waals surface area (Å²) < 4.78 is 24.8. The van der Waals surface area contributed by atoms with Crippen LogP contribution in [0.5, 0.6) is 0 Å². The molecule has 1 atom stereocenters. The van der Waals surface area contributed by atoms with Crippen LogP contribution in [0.25, 0.3) is 0 Å². The van der Waals surface area contributed by atoms with Crippen molar-refractivity contribution in [1.82, 2.24) is 16.0 Å². The van der Waals surface area contributed by atoms with Crippen LogP contribution in [0.4, 0.5) is 14.5 Å². The van der Waals surface area contributed by atoms with Crippen molar-refractivity contribution < 1.29 is 23.2 Å². The lowest BCUT2D eigenvalue weighted by molar-refractivity contribution is -0.131. The Bertz CT molecular complexity index is 857. The summed E-state index contributed by atoms with van der Waals surface area (Å²) in [4.78, 5) is 38.2. The molecular weight excluding hydrogens is 418 g/mol. The average Bonchev–Trinajstić information content (AvgIpc) is 2.88. The Morgan fingerprint density at radius 1 is 1.37 bits per heavy atom. The number of benzene rings is 1. The molecule has 1 fully saturated rings. The number of rotatable bonds is 6. The quantitative estimate of drug-likeness (QED) is 0.627. The van der Waals surface area contributed by atoms with E-state index in [9.17, 15) is 23.2 Å². The lowest BCUT2D eigenvalue weighted by atomic mass is 9.86. The summed E-state index contributed by atoms with van der Waals surface area (Å²) in [6.45, 7) is 4.92. The normalized spacial score (nSPS) is 20.3. The maximum absolute atomic E-state index is 12.9. The van der Waals surface area contributed by atoms with E-state index < -0.39 is 17.7 Å². The third-order valence-corrected chi connectivity index (χ3v) is 5.85. The van der Waals surface area contributed by atoms with E-state index in [1.54, 1.807) is 26.0 Å². The third kappa shape index (κ3) is 4.41. The van der Waals surface area contributed by atoms with Gasteiger partial charge in [0.2, 0.25) is 5.91 Å². The summed E-state index contributed by atoms with van der Waals surface area (Å²) in [5.41, 5.74) is 0.489. The van der Waals surface area contributed by atoms with Gasteiger partial charge in [0, 0.05) is 31.4 Å². The number of halogens is 3. The van der Waals surface area contributed by atoms with Crippen LogP contribution < -0.4 is 20.9 Å². The van der Waals surface area contributed by atoms with Crippen molar-refractivity contribution in [2.75, 3.05) is 31.1 Å². The minimum absolute atomic E-state index is 0.00294. The van der Waals surface area contributed by atoms with Crippen LogP contribution in [0.2, 0.25) is 5.02 Å². The summed E-state index contributed by atoms with van der Waals surface area (Å²) in [5, 5.41) is 8.51. The van der Waals surface area contributed by atoms with E-state index in [1.807, 2.05) is 0 Å². The zero-order valence-electron chi connectivity index (χ0n) is 16.9. The molecule has 0 spiro atoms. The number of amides is 3. The maximum atomic E-state index is 12.9. The molecule has 3 amide bonds. The molecule has 1 aromatic carbocycles. The van der Waals surface area contributed by atoms with Gasteiger partial charge in [-0.2, -0.15) is 8.78 Å². The van der Waals surface area contributed by atoms with Gasteiger partial charge in [0.15, 0.2) is 0 Å². The standard InChI is InChI=1S/C20H25ClF2N4O3/c1-20(2)13-9-14(21)12(17(28)26-11-4-3-5-24-10-11)8-15(13)27(19(20)30)7-6-25-18(29)16(22)23/h8-9,11,16,24H,3-7,10H2,1-2H3,(H,25,29)(H,26,28)/t11-/m1/s1. The summed E-state index contributed by atoms with van der Waals surface area (Å²) in [6.07, 6.45) is -1.29. The van der Waals surface area contributed by atoms with Crippen molar-refractivity contribution in [3.05, 3.63) is 28.3 Å². The summed E-state index contributed by atoms with van der Waals surface area (Å²) in [7, 11) is 0. The highest BCUT2D eigenvalue weighted by Crippen LogP contribution is 2.43. The molecule has 0 aromatic heterocycles. The molecule has 1 aromatic rings. The number of hydrogen-bond acceptors (Lipinski definition) is 4. The largest absolute Gasteiger partial charge is 0.349 e. The number of hydrogen-bond donors (Lipinski definition) is 3. The second-order valence-corrected chi connectivity index (χ2v) is 8.45. The molecule has 2 aliphatic rings. The van der Waals surface area contributed by atoms with Crippen LogP contribution in [0.1, 0.15) is 42.6 Å². The Labute approximate surface area is 178 Å². The molecule has 10 heteroatoms. The molecule has 1 saturated heterocycles. The van der Waals surface area contributed by atoms with Gasteiger partial charge < -0.3 is 20.9 Å². The van der Waals surface area contributed by atoms with Gasteiger partial charge in [0.25, 0.3) is 11.8 Å². The van der Waals surface area contributed by atoms with Crippen molar-refractivity contribution >= 4 is 35.0 Å². The van der Waals surface area contributed by atoms with Crippen molar-refractivity contribution in [2.45, 2.75) is 44.6 Å². The van der Waals surface area contributed by atoms with E-state index in [0.717, 1.165) is 19.4 Å². The van der Waals surface area contributed by atoms with Crippen LogP contribution >= 0.6 is 11.6 Å². The first-order valence-corrected chi connectivity index (χ1v) is 10.2. The third-order valence-electron chi connectivity index (χ3n) is 5.54. The number of nitrogens with zero attached hydrogens (tertiary/aromatic N) is 1. The average molecular weight is 443 g/mol. The zero-order valence-corrected chi connectivity index (χ0v) is 17.6. The smallest absolute Gasteiger partial charge is 0.315 e. The topological polar surface area (TPSA) is 90.5 Å². The lowest BCUT2D eigenvalue weighted by Crippen LogP contribution is -2.45. The highest BCUT2D eigenvalue weighted by Gasteiger charge is 2.44. The Kier molecular flexibility index (Phi) is 6.62. The fourth-order valence-electron chi connectivity index (χ4n) is 3.85. The van der Waals surface area contributed by atoms with Crippen LogP contribution in [0.15, 0.2) is 12.1 Å². The fraction of sp³-hybridized carbons (Fsp3) is 0.550. The van der Waals surface area contributed by atoms with Gasteiger partial charge in [-0.15, -0.1) is 0 Å². The molecule has 7 nitrogen and oxygen atoms in total. The van der Waals surface area contributed by atoms with Crippen LogP contribution in [0, 0.1) is 0 Å². The van der Waals surface area contributed by atoms with E-state index in [-0.39, 0.29) is 41.5 Å². The van der Waals surface area contributed by atoms with Gasteiger partial charge in [0.05, 0.1) is 16.0 Å². The van der Waals surface area contributed by atoms with Crippen molar-refractivity contribution in [3.63, 3.8) is 0 Å². The van der Waals surface area contributed by atoms with E-state index in [2.05, 4.69) is 16.0 Å². The molecule has 0 unspecified atom stereocenters. The first kappa shape index (κ1) is 22.4. The number of anilines is 1. The van der Waals surface area contributed by atoms with Crippen LogP contribution in [-0.4, -0.2) is 56.4 Å². The molecule has 30 heavy (non-hydrogen) atoms. The predicted molar refractivity (Wildman–Crippen MR) is 109 cm³/mol. The van der Waals surface area contributed by atoms with Gasteiger partial charge in [-0.25, -0.2) is 0 Å². The summed E-state index contributed by atoms with van der Waals surface area (Å²) in [5.74, 6) is -1.98. The molecule has 2 aliphatic heterocycles. The van der Waals surface area contributed by atoms with Gasteiger partial charge in [0.1, 0.15) is 0 Å². The summed E-state index contributed by atoms with van der Waals surface area (Å²) in [6, 6.07) is 3.17. The van der Waals surface area contributed by atoms with E-state index in [0.29, 0.717) is 17.8 Å². The van der Waals surface area contributed by atoms with Gasteiger partial charge in [-0.1, -0.05) is 11.6 Å². The monoisotopic (exact) mass is 442 g/mol. The van der Waals surface area contributed by atoms with Crippen molar-refractivity contribution in [2.24, 2.45) is 0 Å². The first-order chi connectivity index (χ1) is 14.1. The number of alkyl halides is 2. The Morgan fingerprint density at radius 3 is 2.73 bits per heavy atom. The van der Waals surface area contributed by atoms with Crippen LogP contribution in [-0.2, 0) is 15.0 Å². The molecule has 0 radical (unpaired) electrons. The highest BCUT2D eigenvalue weighted by atomic mass is 35.5. The lowest BCUT2D eigenvalue weighted by Gasteiger charge is -2.24. The number of nitrogens with one attached hydrogen (secondary N) is 3. The highest BCUT2D eigenvalue weighted by molar-refractivity contribution is 6.34. The van der Waals surface area contributed by atoms with E-state index in [1.165, 1.54) is 4.90 Å². The van der Waals surface area contributed by atoms with E-state index >= 15 is 0 Å². The Morgan fingerprint density at radius 2 is 2.10 bits per heavy atom. The fourth-order valence-corrected chi connectivity index (χ4v) is 4.10. The van der Waals surface area contributed by atoms with Gasteiger partial charge >= 0.3 is 6.43 Å². The minimum Gasteiger partial charge on any atom is -0.349 e. The predicted octanol–water partition coefficient (Wildman–Crippen LogP) is 1.83. The number of carbonyl (C=O) groups excluding carboxylic acids is 3. The summed E-state index contributed by atoms with van der Waals surface area (Å²) >= 11 is 6.38.